The second-order valence-corrected chi connectivity index (χ2v) is 9.04. The lowest BCUT2D eigenvalue weighted by atomic mass is 9.92. The summed E-state index contributed by atoms with van der Waals surface area (Å²) in [4.78, 5) is 27.4. The first kappa shape index (κ1) is 22.3. The van der Waals surface area contributed by atoms with Crippen molar-refractivity contribution in [1.82, 2.24) is 14.8 Å². The van der Waals surface area contributed by atoms with Crippen molar-refractivity contribution < 1.29 is 14.3 Å². The average molecular weight is 415 g/mol. The fraction of sp³-hybridized carbons (Fsp3) is 0.565. The third-order valence-electron chi connectivity index (χ3n) is 5.24. The van der Waals surface area contributed by atoms with Crippen LogP contribution in [0, 0.1) is 5.41 Å². The van der Waals surface area contributed by atoms with Crippen molar-refractivity contribution in [2.45, 2.75) is 40.7 Å². The van der Waals surface area contributed by atoms with Crippen LogP contribution in [-0.2, 0) is 16.1 Å². The zero-order valence-corrected chi connectivity index (χ0v) is 18.6. The van der Waals surface area contributed by atoms with E-state index in [-0.39, 0.29) is 17.2 Å². The summed E-state index contributed by atoms with van der Waals surface area (Å²) in [6.45, 7) is 13.6. The first-order chi connectivity index (χ1) is 14.3. The first-order valence-electron chi connectivity index (χ1n) is 10.8. The van der Waals surface area contributed by atoms with E-state index in [9.17, 15) is 9.59 Å². The molecule has 0 aliphatic carbocycles. The number of aryl methyl sites for hydroxylation is 1. The number of carbonyl (C=O) groups is 2. The van der Waals surface area contributed by atoms with E-state index in [0.29, 0.717) is 25.2 Å². The third-order valence-corrected chi connectivity index (χ3v) is 5.24. The van der Waals surface area contributed by atoms with E-state index in [4.69, 9.17) is 4.74 Å². The van der Waals surface area contributed by atoms with Gasteiger partial charge in [0.2, 0.25) is 5.91 Å². The number of hydrogen-bond donors (Lipinski definition) is 2. The van der Waals surface area contributed by atoms with Crippen LogP contribution in [-0.4, -0.2) is 60.7 Å². The number of ether oxygens (including phenoxy) is 1. The lowest BCUT2D eigenvalue weighted by Crippen LogP contribution is -2.41. The number of aromatic nitrogens is 1. The van der Waals surface area contributed by atoms with Crippen LogP contribution >= 0.6 is 0 Å². The number of hydrogen-bond acceptors (Lipinski definition) is 4. The molecule has 1 aliphatic heterocycles. The van der Waals surface area contributed by atoms with E-state index < -0.39 is 0 Å². The van der Waals surface area contributed by atoms with Crippen molar-refractivity contribution in [3.8, 4) is 0 Å². The maximum absolute atomic E-state index is 12.8. The van der Waals surface area contributed by atoms with E-state index in [1.54, 1.807) is 0 Å². The van der Waals surface area contributed by atoms with E-state index >= 15 is 0 Å². The molecule has 0 radical (unpaired) electrons. The fourth-order valence-electron chi connectivity index (χ4n) is 3.81. The molecular weight excluding hydrogens is 380 g/mol. The second-order valence-electron chi connectivity index (χ2n) is 9.04. The Hall–Kier alpha value is -2.38. The first-order valence-corrected chi connectivity index (χ1v) is 10.8. The van der Waals surface area contributed by atoms with Crippen LogP contribution in [0.4, 0.5) is 5.69 Å². The highest BCUT2D eigenvalue weighted by atomic mass is 16.5. The molecule has 7 heteroatoms. The predicted octanol–water partition coefficient (Wildman–Crippen LogP) is 3.10. The molecule has 164 valence electrons. The molecule has 2 N–H and O–H groups in total. The lowest BCUT2D eigenvalue weighted by Gasteiger charge is -2.26. The van der Waals surface area contributed by atoms with E-state index in [1.807, 2.05) is 56.5 Å². The molecule has 0 spiro atoms. The molecule has 2 aromatic rings. The Kier molecular flexibility index (Phi) is 7.15. The van der Waals surface area contributed by atoms with Gasteiger partial charge in [-0.05, 0) is 36.6 Å². The number of fused-ring (bicyclic) bond motifs is 1. The minimum absolute atomic E-state index is 0.00199. The van der Waals surface area contributed by atoms with Crippen molar-refractivity contribution in [1.29, 1.82) is 0 Å². The third kappa shape index (κ3) is 5.83. The van der Waals surface area contributed by atoms with Crippen LogP contribution in [0.1, 0.15) is 44.6 Å². The van der Waals surface area contributed by atoms with Crippen LogP contribution in [0.15, 0.2) is 24.3 Å². The molecule has 1 aliphatic rings. The molecule has 0 saturated carbocycles. The molecular formula is C23H34N4O3. The largest absolute Gasteiger partial charge is 0.379 e. The van der Waals surface area contributed by atoms with Crippen LogP contribution in [0.3, 0.4) is 0 Å². The minimum Gasteiger partial charge on any atom is -0.379 e. The fourth-order valence-corrected chi connectivity index (χ4v) is 3.81. The molecule has 1 saturated heterocycles. The Morgan fingerprint density at radius 3 is 2.53 bits per heavy atom. The zero-order valence-electron chi connectivity index (χ0n) is 18.6. The predicted molar refractivity (Wildman–Crippen MR) is 120 cm³/mol. The highest BCUT2D eigenvalue weighted by Gasteiger charge is 2.18. The molecule has 2 amide bonds. The van der Waals surface area contributed by atoms with Gasteiger partial charge in [0, 0.05) is 55.7 Å². The molecule has 1 fully saturated rings. The summed E-state index contributed by atoms with van der Waals surface area (Å²) in [6.07, 6.45) is 0.456. The van der Waals surface area contributed by atoms with Gasteiger partial charge >= 0.3 is 0 Å². The average Bonchev–Trinajstić information content (AvgIpc) is 3.05. The molecule has 1 aromatic carbocycles. The number of benzene rings is 1. The van der Waals surface area contributed by atoms with Gasteiger partial charge in [0.1, 0.15) is 5.69 Å². The van der Waals surface area contributed by atoms with Crippen LogP contribution < -0.4 is 10.6 Å². The number of nitrogens with zero attached hydrogens (tertiary/aromatic N) is 2. The van der Waals surface area contributed by atoms with Gasteiger partial charge < -0.3 is 19.9 Å². The maximum Gasteiger partial charge on any atom is 0.267 e. The SMILES string of the molecule is CCn1c(C(=O)NCCN2CCOCC2)cc2cc(NC(=O)CC(C)(C)C)ccc21. The summed E-state index contributed by atoms with van der Waals surface area (Å²) in [7, 11) is 0. The van der Waals surface area contributed by atoms with Gasteiger partial charge in [-0.3, -0.25) is 14.5 Å². The lowest BCUT2D eigenvalue weighted by molar-refractivity contribution is -0.117. The Labute approximate surface area is 178 Å². The topological polar surface area (TPSA) is 75.6 Å². The standard InChI is InChI=1S/C23H34N4O3/c1-5-27-19-7-6-18(25-21(28)16-23(2,3)4)14-17(19)15-20(27)22(29)24-8-9-26-10-12-30-13-11-26/h6-7,14-15H,5,8-13,16H2,1-4H3,(H,24,29)(H,25,28). The summed E-state index contributed by atoms with van der Waals surface area (Å²) >= 11 is 0. The molecule has 2 heterocycles. The molecule has 0 unspecified atom stereocenters. The molecule has 0 bridgehead atoms. The van der Waals surface area contributed by atoms with Gasteiger partial charge in [0.15, 0.2) is 0 Å². The maximum atomic E-state index is 12.8. The van der Waals surface area contributed by atoms with E-state index in [2.05, 4.69) is 15.5 Å². The van der Waals surface area contributed by atoms with Crippen LogP contribution in [0.5, 0.6) is 0 Å². The van der Waals surface area contributed by atoms with Crippen molar-refractivity contribution in [3.63, 3.8) is 0 Å². The molecule has 1 aromatic heterocycles. The zero-order chi connectivity index (χ0) is 21.7. The van der Waals surface area contributed by atoms with Gasteiger partial charge in [-0.1, -0.05) is 20.8 Å². The summed E-state index contributed by atoms with van der Waals surface area (Å²) in [5.74, 6) is -0.0718. The van der Waals surface area contributed by atoms with Gasteiger partial charge in [-0.15, -0.1) is 0 Å². The summed E-state index contributed by atoms with van der Waals surface area (Å²) in [5, 5.41) is 6.96. The number of rotatable bonds is 7. The number of morpholine rings is 1. The minimum atomic E-state index is -0.0698. The quantitative estimate of drug-likeness (QED) is 0.730. The van der Waals surface area contributed by atoms with Crippen molar-refractivity contribution in [2.75, 3.05) is 44.7 Å². The highest BCUT2D eigenvalue weighted by molar-refractivity contribution is 6.00. The smallest absolute Gasteiger partial charge is 0.267 e. The molecule has 0 atom stereocenters. The Morgan fingerprint density at radius 1 is 1.13 bits per heavy atom. The Bertz CT molecular complexity index is 892. The number of amides is 2. The van der Waals surface area contributed by atoms with Crippen LogP contribution in [0.2, 0.25) is 0 Å². The summed E-state index contributed by atoms with van der Waals surface area (Å²) in [5.41, 5.74) is 2.33. The Balaban J connectivity index is 1.68. The van der Waals surface area contributed by atoms with E-state index in [0.717, 1.165) is 49.4 Å². The Morgan fingerprint density at radius 2 is 1.87 bits per heavy atom. The number of anilines is 1. The van der Waals surface area contributed by atoms with E-state index in [1.165, 1.54) is 0 Å². The molecule has 30 heavy (non-hydrogen) atoms. The van der Waals surface area contributed by atoms with Crippen molar-refractivity contribution in [2.24, 2.45) is 5.41 Å². The highest BCUT2D eigenvalue weighted by Crippen LogP contribution is 2.25. The van der Waals surface area contributed by atoms with Crippen molar-refractivity contribution in [3.05, 3.63) is 30.0 Å². The number of nitrogens with one attached hydrogen (secondary N) is 2. The van der Waals surface area contributed by atoms with Crippen molar-refractivity contribution >= 4 is 28.4 Å². The molecule has 3 rings (SSSR count). The monoisotopic (exact) mass is 414 g/mol. The van der Waals surface area contributed by atoms with Gasteiger partial charge in [0.05, 0.1) is 13.2 Å². The number of carbonyl (C=O) groups excluding carboxylic acids is 2. The summed E-state index contributed by atoms with van der Waals surface area (Å²) < 4.78 is 7.37. The normalized spacial score (nSPS) is 15.3. The van der Waals surface area contributed by atoms with Gasteiger partial charge in [0.25, 0.3) is 5.91 Å². The van der Waals surface area contributed by atoms with Gasteiger partial charge in [-0.2, -0.15) is 0 Å². The van der Waals surface area contributed by atoms with Crippen LogP contribution in [0.25, 0.3) is 10.9 Å². The second kappa shape index (κ2) is 9.62. The van der Waals surface area contributed by atoms with Gasteiger partial charge in [-0.25, -0.2) is 0 Å². The summed E-state index contributed by atoms with van der Waals surface area (Å²) in [6, 6.07) is 7.71. The molecule has 7 nitrogen and oxygen atoms in total.